The minimum atomic E-state index is 0.253. The van der Waals surface area contributed by atoms with Crippen LogP contribution in [-0.4, -0.2) is 11.4 Å². The third-order valence-electron chi connectivity index (χ3n) is 1.65. The molecular formula is C9H12OS. The van der Waals surface area contributed by atoms with Gasteiger partial charge in [0, 0.05) is 6.42 Å². The molecule has 0 atom stereocenters. The zero-order valence-corrected chi connectivity index (χ0v) is 7.49. The van der Waals surface area contributed by atoms with Gasteiger partial charge in [0.1, 0.15) is 0 Å². The molecule has 0 bridgehead atoms. The van der Waals surface area contributed by atoms with E-state index < -0.39 is 0 Å². The second-order valence-corrected chi connectivity index (χ2v) is 3.38. The SMILES string of the molecule is CSC(=O)CC1=CCCC=C1. The van der Waals surface area contributed by atoms with Gasteiger partial charge in [-0.15, -0.1) is 0 Å². The van der Waals surface area contributed by atoms with Crippen molar-refractivity contribution in [2.75, 3.05) is 6.26 Å². The predicted octanol–water partition coefficient (Wildman–Crippen LogP) is 2.54. The molecule has 1 nitrogen and oxygen atoms in total. The lowest BCUT2D eigenvalue weighted by Gasteiger charge is -2.03. The number of carbonyl (C=O) groups is 1. The highest BCUT2D eigenvalue weighted by atomic mass is 32.2. The Morgan fingerprint density at radius 2 is 2.45 bits per heavy atom. The number of hydrogen-bond acceptors (Lipinski definition) is 2. The van der Waals surface area contributed by atoms with Crippen LogP contribution < -0.4 is 0 Å². The lowest BCUT2D eigenvalue weighted by atomic mass is 10.1. The maximum atomic E-state index is 11.0. The van der Waals surface area contributed by atoms with Crippen molar-refractivity contribution in [3.8, 4) is 0 Å². The Labute approximate surface area is 71.6 Å². The van der Waals surface area contributed by atoms with Crippen LogP contribution in [-0.2, 0) is 4.79 Å². The first-order valence-corrected chi connectivity index (χ1v) is 4.98. The van der Waals surface area contributed by atoms with E-state index in [1.54, 1.807) is 0 Å². The summed E-state index contributed by atoms with van der Waals surface area (Å²) in [6.07, 6.45) is 11.0. The summed E-state index contributed by atoms with van der Waals surface area (Å²) in [6, 6.07) is 0. The Morgan fingerprint density at radius 3 is 3.00 bits per heavy atom. The molecule has 60 valence electrons. The first-order chi connectivity index (χ1) is 5.33. The van der Waals surface area contributed by atoms with Gasteiger partial charge in [-0.3, -0.25) is 4.79 Å². The lowest BCUT2D eigenvalue weighted by Crippen LogP contribution is -1.93. The van der Waals surface area contributed by atoms with Crippen LogP contribution in [0.15, 0.2) is 23.8 Å². The largest absolute Gasteiger partial charge is 0.287 e. The molecule has 0 aliphatic heterocycles. The van der Waals surface area contributed by atoms with E-state index in [1.807, 2.05) is 6.26 Å². The van der Waals surface area contributed by atoms with Gasteiger partial charge in [0.2, 0.25) is 0 Å². The van der Waals surface area contributed by atoms with Gasteiger partial charge in [-0.2, -0.15) is 0 Å². The molecule has 0 unspecified atom stereocenters. The molecule has 0 saturated carbocycles. The van der Waals surface area contributed by atoms with E-state index >= 15 is 0 Å². The molecule has 1 aliphatic carbocycles. The van der Waals surface area contributed by atoms with Crippen LogP contribution in [0.1, 0.15) is 19.3 Å². The smallest absolute Gasteiger partial charge is 0.193 e. The summed E-state index contributed by atoms with van der Waals surface area (Å²) in [5.74, 6) is 0. The molecule has 0 fully saturated rings. The molecule has 0 aromatic carbocycles. The normalized spacial score (nSPS) is 16.3. The van der Waals surface area contributed by atoms with Crippen LogP contribution in [0.25, 0.3) is 0 Å². The van der Waals surface area contributed by atoms with Crippen LogP contribution in [0.3, 0.4) is 0 Å². The zero-order chi connectivity index (χ0) is 8.10. The third-order valence-corrected chi connectivity index (χ3v) is 2.25. The van der Waals surface area contributed by atoms with Crippen molar-refractivity contribution in [2.24, 2.45) is 0 Å². The van der Waals surface area contributed by atoms with E-state index in [2.05, 4.69) is 18.2 Å². The molecule has 11 heavy (non-hydrogen) atoms. The number of allylic oxidation sites excluding steroid dienone is 4. The highest BCUT2D eigenvalue weighted by Gasteiger charge is 2.03. The van der Waals surface area contributed by atoms with E-state index in [0.29, 0.717) is 6.42 Å². The van der Waals surface area contributed by atoms with Crippen molar-refractivity contribution in [1.82, 2.24) is 0 Å². The molecule has 2 heteroatoms. The van der Waals surface area contributed by atoms with E-state index in [-0.39, 0.29) is 5.12 Å². The topological polar surface area (TPSA) is 17.1 Å². The van der Waals surface area contributed by atoms with Crippen molar-refractivity contribution in [2.45, 2.75) is 19.3 Å². The minimum absolute atomic E-state index is 0.253. The van der Waals surface area contributed by atoms with Crippen molar-refractivity contribution in [1.29, 1.82) is 0 Å². The maximum absolute atomic E-state index is 11.0. The molecular weight excluding hydrogens is 156 g/mol. The maximum Gasteiger partial charge on any atom is 0.193 e. The fourth-order valence-electron chi connectivity index (χ4n) is 1.04. The van der Waals surface area contributed by atoms with Gasteiger partial charge in [0.15, 0.2) is 5.12 Å². The molecule has 0 amide bonds. The number of carbonyl (C=O) groups excluding carboxylic acids is 1. The van der Waals surface area contributed by atoms with Crippen LogP contribution >= 0.6 is 11.8 Å². The standard InChI is InChI=1S/C9H12OS/c1-11-9(10)7-8-5-3-2-4-6-8/h3,5-6H,2,4,7H2,1H3. The van der Waals surface area contributed by atoms with Crippen LogP contribution in [0, 0.1) is 0 Å². The summed E-state index contributed by atoms with van der Waals surface area (Å²) in [7, 11) is 0. The average molecular weight is 168 g/mol. The predicted molar refractivity (Wildman–Crippen MR) is 49.6 cm³/mol. The Balaban J connectivity index is 2.42. The lowest BCUT2D eigenvalue weighted by molar-refractivity contribution is -0.110. The van der Waals surface area contributed by atoms with E-state index in [1.165, 1.54) is 17.3 Å². The summed E-state index contributed by atoms with van der Waals surface area (Å²) >= 11 is 1.30. The van der Waals surface area contributed by atoms with Crippen LogP contribution in [0.2, 0.25) is 0 Å². The van der Waals surface area contributed by atoms with Crippen LogP contribution in [0.4, 0.5) is 0 Å². The molecule has 0 spiro atoms. The summed E-state index contributed by atoms with van der Waals surface area (Å²) in [6.45, 7) is 0. The first-order valence-electron chi connectivity index (χ1n) is 3.75. The van der Waals surface area contributed by atoms with Gasteiger partial charge < -0.3 is 0 Å². The fraction of sp³-hybridized carbons (Fsp3) is 0.444. The highest BCUT2D eigenvalue weighted by Crippen LogP contribution is 2.15. The van der Waals surface area contributed by atoms with Gasteiger partial charge in [-0.05, 0) is 24.7 Å². The van der Waals surface area contributed by atoms with Gasteiger partial charge in [0.25, 0.3) is 0 Å². The zero-order valence-electron chi connectivity index (χ0n) is 6.67. The molecule has 1 rings (SSSR count). The quantitative estimate of drug-likeness (QED) is 0.630. The van der Waals surface area contributed by atoms with Crippen molar-refractivity contribution < 1.29 is 4.79 Å². The van der Waals surface area contributed by atoms with Gasteiger partial charge in [-0.25, -0.2) is 0 Å². The van der Waals surface area contributed by atoms with Crippen molar-refractivity contribution in [3.63, 3.8) is 0 Å². The molecule has 0 aromatic heterocycles. The summed E-state index contributed by atoms with van der Waals surface area (Å²) < 4.78 is 0. The van der Waals surface area contributed by atoms with Crippen LogP contribution in [0.5, 0.6) is 0 Å². The molecule has 0 aromatic rings. The van der Waals surface area contributed by atoms with Crippen molar-refractivity contribution in [3.05, 3.63) is 23.8 Å². The summed E-state index contributed by atoms with van der Waals surface area (Å²) in [5, 5.41) is 0.253. The molecule has 0 saturated heterocycles. The molecule has 0 radical (unpaired) electrons. The average Bonchev–Trinajstić information content (AvgIpc) is 2.06. The monoisotopic (exact) mass is 168 g/mol. The molecule has 1 aliphatic rings. The van der Waals surface area contributed by atoms with Gasteiger partial charge in [-0.1, -0.05) is 30.0 Å². The van der Waals surface area contributed by atoms with Gasteiger partial charge >= 0.3 is 0 Å². The van der Waals surface area contributed by atoms with E-state index in [4.69, 9.17) is 0 Å². The Bertz CT molecular complexity index is 204. The first kappa shape index (κ1) is 8.60. The third kappa shape index (κ3) is 2.93. The minimum Gasteiger partial charge on any atom is -0.287 e. The summed E-state index contributed by atoms with van der Waals surface area (Å²) in [5.41, 5.74) is 1.18. The highest BCUT2D eigenvalue weighted by molar-refractivity contribution is 8.13. The number of hydrogen-bond donors (Lipinski definition) is 0. The molecule has 0 N–H and O–H groups in total. The number of rotatable bonds is 2. The van der Waals surface area contributed by atoms with E-state index in [9.17, 15) is 4.79 Å². The summed E-state index contributed by atoms with van der Waals surface area (Å²) in [4.78, 5) is 11.0. The molecule has 0 heterocycles. The Kier molecular flexibility index (Phi) is 3.43. The second-order valence-electron chi connectivity index (χ2n) is 2.51. The second kappa shape index (κ2) is 4.39. The Morgan fingerprint density at radius 1 is 1.64 bits per heavy atom. The van der Waals surface area contributed by atoms with Gasteiger partial charge in [0.05, 0.1) is 0 Å². The van der Waals surface area contributed by atoms with E-state index in [0.717, 1.165) is 12.8 Å². The fourth-order valence-corrected chi connectivity index (χ4v) is 1.35. The number of thioether (sulfide) groups is 1. The van der Waals surface area contributed by atoms with Crippen molar-refractivity contribution >= 4 is 16.9 Å². The Hall–Kier alpha value is -0.500.